The van der Waals surface area contributed by atoms with E-state index in [2.05, 4.69) is 20.6 Å². The van der Waals surface area contributed by atoms with Crippen LogP contribution in [0, 0.1) is 10.1 Å². The van der Waals surface area contributed by atoms with Crippen molar-refractivity contribution in [3.05, 3.63) is 94.8 Å². The summed E-state index contributed by atoms with van der Waals surface area (Å²) < 4.78 is 7.23. The highest BCUT2D eigenvalue weighted by molar-refractivity contribution is 6.04. The van der Waals surface area contributed by atoms with Gasteiger partial charge in [0.05, 0.1) is 4.92 Å². The van der Waals surface area contributed by atoms with Crippen LogP contribution in [0.4, 0.5) is 11.4 Å². The Balaban J connectivity index is 1.38. The lowest BCUT2D eigenvalue weighted by atomic mass is 10.2. The number of hydrogen-bond acceptors (Lipinski definition) is 7. The first kappa shape index (κ1) is 18.7. The molecular formula is C20H14N6O4. The first-order chi connectivity index (χ1) is 14.6. The molecule has 1 N–H and O–H groups in total. The number of anilines is 1. The molecule has 4 aromatic rings. The maximum Gasteiger partial charge on any atom is 0.269 e. The molecule has 10 heteroatoms. The number of benzene rings is 2. The molecule has 0 spiro atoms. The second-order valence-corrected chi connectivity index (χ2v) is 6.06. The number of hydrogen-bond donors (Lipinski definition) is 1. The molecule has 0 atom stereocenters. The van der Waals surface area contributed by atoms with Crippen LogP contribution in [0.5, 0.6) is 11.6 Å². The molecule has 0 unspecified atom stereocenters. The van der Waals surface area contributed by atoms with Gasteiger partial charge in [-0.25, -0.2) is 4.68 Å². The van der Waals surface area contributed by atoms with Gasteiger partial charge in [-0.2, -0.15) is 5.10 Å². The second kappa shape index (κ2) is 8.19. The van der Waals surface area contributed by atoms with Crippen LogP contribution in [0.3, 0.4) is 0 Å². The van der Waals surface area contributed by atoms with Gasteiger partial charge >= 0.3 is 0 Å². The maximum atomic E-state index is 12.3. The van der Waals surface area contributed by atoms with Crippen LogP contribution in [-0.4, -0.2) is 30.8 Å². The number of aromatic nitrogens is 4. The van der Waals surface area contributed by atoms with E-state index in [9.17, 15) is 14.9 Å². The Morgan fingerprint density at radius 3 is 2.37 bits per heavy atom. The summed E-state index contributed by atoms with van der Waals surface area (Å²) in [5.41, 5.74) is 0.785. The van der Waals surface area contributed by atoms with E-state index in [4.69, 9.17) is 4.74 Å². The summed E-state index contributed by atoms with van der Waals surface area (Å²) in [6, 6.07) is 17.2. The van der Waals surface area contributed by atoms with Gasteiger partial charge < -0.3 is 10.1 Å². The molecule has 148 valence electrons. The van der Waals surface area contributed by atoms with Gasteiger partial charge in [0.25, 0.3) is 11.6 Å². The third-order valence-corrected chi connectivity index (χ3v) is 4.04. The summed E-state index contributed by atoms with van der Waals surface area (Å²) in [5, 5.41) is 25.5. The second-order valence-electron chi connectivity index (χ2n) is 6.06. The number of nitrogens with one attached hydrogen (secondary N) is 1. The molecule has 2 aromatic heterocycles. The van der Waals surface area contributed by atoms with E-state index in [-0.39, 0.29) is 11.6 Å². The van der Waals surface area contributed by atoms with Crippen molar-refractivity contribution in [3.8, 4) is 17.4 Å². The van der Waals surface area contributed by atoms with Crippen molar-refractivity contribution in [1.82, 2.24) is 20.0 Å². The number of nitro groups is 1. The maximum absolute atomic E-state index is 12.3. The standard InChI is InChI=1S/C20H14N6O4/c27-20(14-2-6-16(7-3-14)26(28)29)22-15-4-8-17(9-5-15)30-19-11-10-18(23-24-19)25-13-1-12-21-25/h1-13H,(H,22,27). The Morgan fingerprint density at radius 2 is 1.77 bits per heavy atom. The lowest BCUT2D eigenvalue weighted by Gasteiger charge is -2.08. The Hall–Kier alpha value is -4.60. The van der Waals surface area contributed by atoms with Crippen molar-refractivity contribution in [3.63, 3.8) is 0 Å². The lowest BCUT2D eigenvalue weighted by molar-refractivity contribution is -0.384. The molecule has 0 aliphatic rings. The first-order valence-corrected chi connectivity index (χ1v) is 8.76. The highest BCUT2D eigenvalue weighted by Gasteiger charge is 2.10. The van der Waals surface area contributed by atoms with Crippen molar-refractivity contribution in [2.75, 3.05) is 5.32 Å². The Kier molecular flexibility index (Phi) is 5.12. The zero-order valence-electron chi connectivity index (χ0n) is 15.4. The van der Waals surface area contributed by atoms with Gasteiger partial charge in [0.15, 0.2) is 5.82 Å². The van der Waals surface area contributed by atoms with Gasteiger partial charge in [0, 0.05) is 41.8 Å². The molecule has 10 nitrogen and oxygen atoms in total. The third-order valence-electron chi connectivity index (χ3n) is 4.04. The fourth-order valence-corrected chi connectivity index (χ4v) is 2.56. The average Bonchev–Trinajstić information content (AvgIpc) is 3.31. The van der Waals surface area contributed by atoms with Crippen LogP contribution in [0.25, 0.3) is 5.82 Å². The first-order valence-electron chi connectivity index (χ1n) is 8.76. The fraction of sp³-hybridized carbons (Fsp3) is 0. The quantitative estimate of drug-likeness (QED) is 0.386. The Bertz CT molecular complexity index is 1160. The Labute approximate surface area is 169 Å². The summed E-state index contributed by atoms with van der Waals surface area (Å²) >= 11 is 0. The van der Waals surface area contributed by atoms with Crippen LogP contribution in [0.1, 0.15) is 10.4 Å². The molecule has 0 aliphatic heterocycles. The van der Waals surface area contributed by atoms with E-state index in [0.29, 0.717) is 28.7 Å². The average molecular weight is 402 g/mol. The zero-order chi connectivity index (χ0) is 20.9. The third kappa shape index (κ3) is 4.28. The normalized spacial score (nSPS) is 10.4. The molecule has 0 aliphatic carbocycles. The molecule has 0 fully saturated rings. The summed E-state index contributed by atoms with van der Waals surface area (Å²) in [6.07, 6.45) is 3.41. The lowest BCUT2D eigenvalue weighted by Crippen LogP contribution is -2.11. The highest BCUT2D eigenvalue weighted by Crippen LogP contribution is 2.22. The van der Waals surface area contributed by atoms with Gasteiger partial charge in [-0.3, -0.25) is 14.9 Å². The molecule has 1 amide bonds. The van der Waals surface area contributed by atoms with Crippen LogP contribution < -0.4 is 10.1 Å². The smallest absolute Gasteiger partial charge is 0.269 e. The van der Waals surface area contributed by atoms with Crippen LogP contribution >= 0.6 is 0 Å². The molecule has 30 heavy (non-hydrogen) atoms. The van der Waals surface area contributed by atoms with E-state index in [1.54, 1.807) is 59.5 Å². The predicted molar refractivity (Wildman–Crippen MR) is 107 cm³/mol. The molecule has 2 heterocycles. The van der Waals surface area contributed by atoms with Crippen molar-refractivity contribution >= 4 is 17.3 Å². The largest absolute Gasteiger partial charge is 0.438 e. The molecule has 0 bridgehead atoms. The minimum absolute atomic E-state index is 0.0752. The van der Waals surface area contributed by atoms with Gasteiger partial charge in [-0.1, -0.05) is 0 Å². The van der Waals surface area contributed by atoms with E-state index in [1.807, 2.05) is 0 Å². The minimum atomic E-state index is -0.518. The van der Waals surface area contributed by atoms with Gasteiger partial charge in [0.1, 0.15) is 5.75 Å². The fourth-order valence-electron chi connectivity index (χ4n) is 2.56. The molecular weight excluding hydrogens is 388 g/mol. The van der Waals surface area contributed by atoms with Crippen LogP contribution in [-0.2, 0) is 0 Å². The summed E-state index contributed by atoms with van der Waals surface area (Å²) in [6.45, 7) is 0. The summed E-state index contributed by atoms with van der Waals surface area (Å²) in [5.74, 6) is 1.02. The van der Waals surface area contributed by atoms with E-state index >= 15 is 0 Å². The van der Waals surface area contributed by atoms with E-state index in [0.717, 1.165) is 0 Å². The summed E-state index contributed by atoms with van der Waals surface area (Å²) in [7, 11) is 0. The van der Waals surface area contributed by atoms with Crippen LogP contribution in [0.2, 0.25) is 0 Å². The van der Waals surface area contributed by atoms with E-state index in [1.165, 1.54) is 24.3 Å². The minimum Gasteiger partial charge on any atom is -0.438 e. The van der Waals surface area contributed by atoms with Crippen molar-refractivity contribution in [2.24, 2.45) is 0 Å². The van der Waals surface area contributed by atoms with Crippen molar-refractivity contribution < 1.29 is 14.5 Å². The SMILES string of the molecule is O=C(Nc1ccc(Oc2ccc(-n3cccn3)nn2)cc1)c1ccc([N+](=O)[O-])cc1. The van der Waals surface area contributed by atoms with Gasteiger partial charge in [-0.15, -0.1) is 10.2 Å². The number of nitrogens with zero attached hydrogens (tertiary/aromatic N) is 5. The van der Waals surface area contributed by atoms with Crippen molar-refractivity contribution in [2.45, 2.75) is 0 Å². The topological polar surface area (TPSA) is 125 Å². The number of ether oxygens (including phenoxy) is 1. The molecule has 0 saturated heterocycles. The number of nitro benzene ring substituents is 1. The number of rotatable bonds is 6. The van der Waals surface area contributed by atoms with Gasteiger partial charge in [-0.05, 0) is 48.5 Å². The zero-order valence-corrected chi connectivity index (χ0v) is 15.4. The monoisotopic (exact) mass is 402 g/mol. The predicted octanol–water partition coefficient (Wildman–Crippen LogP) is 3.62. The summed E-state index contributed by atoms with van der Waals surface area (Å²) in [4.78, 5) is 22.4. The molecule has 0 saturated carbocycles. The number of amides is 1. The van der Waals surface area contributed by atoms with E-state index < -0.39 is 4.92 Å². The number of carbonyl (C=O) groups excluding carboxylic acids is 1. The molecule has 2 aromatic carbocycles. The number of non-ortho nitro benzene ring substituents is 1. The molecule has 0 radical (unpaired) electrons. The highest BCUT2D eigenvalue weighted by atomic mass is 16.6. The van der Waals surface area contributed by atoms with Crippen LogP contribution in [0.15, 0.2) is 79.1 Å². The molecule has 4 rings (SSSR count). The Morgan fingerprint density at radius 1 is 1.00 bits per heavy atom. The van der Waals surface area contributed by atoms with Crippen molar-refractivity contribution in [1.29, 1.82) is 0 Å². The van der Waals surface area contributed by atoms with Gasteiger partial charge in [0.2, 0.25) is 5.88 Å². The number of carbonyl (C=O) groups is 1.